The van der Waals surface area contributed by atoms with E-state index in [0.29, 0.717) is 23.8 Å². The fourth-order valence-electron chi connectivity index (χ4n) is 3.05. The molecule has 0 spiro atoms. The molecular weight excluding hydrogens is 420 g/mol. The highest BCUT2D eigenvalue weighted by Crippen LogP contribution is 2.27. The Morgan fingerprint density at radius 1 is 1.07 bits per heavy atom. The minimum atomic E-state index is -4.00. The monoisotopic (exact) mass is 438 g/mol. The third-order valence-electron chi connectivity index (χ3n) is 4.53. The molecule has 0 saturated carbocycles. The van der Waals surface area contributed by atoms with Gasteiger partial charge in [-0.05, 0) is 18.2 Å². The summed E-state index contributed by atoms with van der Waals surface area (Å²) in [6.45, 7) is 1.01. The lowest BCUT2D eigenvalue weighted by atomic mass is 10.3. The first-order chi connectivity index (χ1) is 13.8. The molecule has 29 heavy (non-hydrogen) atoms. The van der Waals surface area contributed by atoms with Crippen LogP contribution >= 0.6 is 11.6 Å². The Hall–Kier alpha value is -2.53. The molecule has 3 rings (SSSR count). The Morgan fingerprint density at radius 3 is 2.34 bits per heavy atom. The summed E-state index contributed by atoms with van der Waals surface area (Å²) < 4.78 is 26.9. The lowest BCUT2D eigenvalue weighted by molar-refractivity contribution is -0.387. The van der Waals surface area contributed by atoms with Gasteiger partial charge in [-0.1, -0.05) is 35.9 Å². The second-order valence-corrected chi connectivity index (χ2v) is 8.75. The van der Waals surface area contributed by atoms with Crippen molar-refractivity contribution >= 4 is 38.9 Å². The highest BCUT2D eigenvalue weighted by molar-refractivity contribution is 7.89. The SMILES string of the molecule is O=C(CN1CCN(S(=O)(=O)c2ccccc2[N+](=O)[O-])CC1)Nc1ccccc1Cl. The van der Waals surface area contributed by atoms with Gasteiger partial charge in [-0.25, -0.2) is 8.42 Å². The number of hydrogen-bond acceptors (Lipinski definition) is 6. The Morgan fingerprint density at radius 2 is 1.69 bits per heavy atom. The van der Waals surface area contributed by atoms with Crippen LogP contribution in [-0.4, -0.2) is 61.2 Å². The van der Waals surface area contributed by atoms with E-state index < -0.39 is 20.6 Å². The van der Waals surface area contributed by atoms with E-state index in [9.17, 15) is 23.3 Å². The summed E-state index contributed by atoms with van der Waals surface area (Å²) in [5.41, 5.74) is 0.0609. The molecule has 11 heteroatoms. The van der Waals surface area contributed by atoms with Crippen molar-refractivity contribution in [2.24, 2.45) is 0 Å². The Balaban J connectivity index is 1.61. The van der Waals surface area contributed by atoms with Gasteiger partial charge in [-0.3, -0.25) is 19.8 Å². The molecule has 1 N–H and O–H groups in total. The van der Waals surface area contributed by atoms with Gasteiger partial charge in [-0.15, -0.1) is 0 Å². The van der Waals surface area contributed by atoms with Crippen molar-refractivity contribution in [2.75, 3.05) is 38.0 Å². The predicted molar refractivity (Wildman–Crippen MR) is 108 cm³/mol. The molecule has 1 heterocycles. The number of hydrogen-bond donors (Lipinski definition) is 1. The van der Waals surface area contributed by atoms with Crippen LogP contribution < -0.4 is 5.32 Å². The first-order valence-electron chi connectivity index (χ1n) is 8.79. The first-order valence-corrected chi connectivity index (χ1v) is 10.6. The van der Waals surface area contributed by atoms with Crippen LogP contribution in [0.3, 0.4) is 0 Å². The molecule has 1 aliphatic rings. The number of halogens is 1. The second-order valence-electron chi connectivity index (χ2n) is 6.43. The highest BCUT2D eigenvalue weighted by atomic mass is 35.5. The average Bonchev–Trinajstić information content (AvgIpc) is 2.70. The van der Waals surface area contributed by atoms with Crippen molar-refractivity contribution in [3.8, 4) is 0 Å². The van der Waals surface area contributed by atoms with E-state index in [1.807, 2.05) is 4.90 Å². The van der Waals surface area contributed by atoms with Crippen molar-refractivity contribution in [1.29, 1.82) is 0 Å². The Bertz CT molecular complexity index is 1020. The number of amides is 1. The number of carbonyl (C=O) groups is 1. The smallest absolute Gasteiger partial charge is 0.289 e. The molecule has 1 amide bonds. The maximum atomic E-state index is 12.8. The summed E-state index contributed by atoms with van der Waals surface area (Å²) in [6.07, 6.45) is 0. The number of carbonyl (C=O) groups excluding carboxylic acids is 1. The summed E-state index contributed by atoms with van der Waals surface area (Å²) in [7, 11) is -4.00. The van der Waals surface area contributed by atoms with E-state index in [4.69, 9.17) is 11.6 Å². The molecule has 1 aliphatic heterocycles. The quantitative estimate of drug-likeness (QED) is 0.546. The number of piperazine rings is 1. The number of benzene rings is 2. The maximum absolute atomic E-state index is 12.8. The molecule has 154 valence electrons. The third kappa shape index (κ3) is 4.91. The van der Waals surface area contributed by atoms with Gasteiger partial charge in [0.1, 0.15) is 0 Å². The van der Waals surface area contributed by atoms with E-state index in [0.717, 1.165) is 0 Å². The topological polar surface area (TPSA) is 113 Å². The molecule has 2 aromatic carbocycles. The molecule has 0 aliphatic carbocycles. The van der Waals surface area contributed by atoms with Crippen LogP contribution in [0, 0.1) is 10.1 Å². The lowest BCUT2D eigenvalue weighted by Gasteiger charge is -2.33. The Labute approximate surface area is 173 Å². The van der Waals surface area contributed by atoms with Crippen LogP contribution in [-0.2, 0) is 14.8 Å². The van der Waals surface area contributed by atoms with Gasteiger partial charge in [0, 0.05) is 32.2 Å². The summed E-state index contributed by atoms with van der Waals surface area (Å²) in [5.74, 6) is -0.256. The molecule has 0 radical (unpaired) electrons. The fourth-order valence-corrected chi connectivity index (χ4v) is 4.81. The summed E-state index contributed by atoms with van der Waals surface area (Å²) in [4.78, 5) is 24.2. The molecule has 1 fully saturated rings. The van der Waals surface area contributed by atoms with Crippen molar-refractivity contribution in [3.05, 3.63) is 63.7 Å². The summed E-state index contributed by atoms with van der Waals surface area (Å²) >= 11 is 6.02. The average molecular weight is 439 g/mol. The second kappa shape index (κ2) is 8.87. The van der Waals surface area contributed by atoms with E-state index in [2.05, 4.69) is 5.32 Å². The minimum Gasteiger partial charge on any atom is -0.324 e. The van der Waals surface area contributed by atoms with E-state index in [1.165, 1.54) is 28.6 Å². The van der Waals surface area contributed by atoms with Crippen LogP contribution in [0.1, 0.15) is 0 Å². The van der Waals surface area contributed by atoms with Crippen LogP contribution in [0.2, 0.25) is 5.02 Å². The van der Waals surface area contributed by atoms with Crippen LogP contribution in [0.15, 0.2) is 53.4 Å². The van der Waals surface area contributed by atoms with E-state index in [-0.39, 0.29) is 30.4 Å². The number of nitrogens with zero attached hydrogens (tertiary/aromatic N) is 3. The maximum Gasteiger partial charge on any atom is 0.289 e. The van der Waals surface area contributed by atoms with E-state index in [1.54, 1.807) is 24.3 Å². The normalized spacial score (nSPS) is 15.8. The number of sulfonamides is 1. The van der Waals surface area contributed by atoms with Gasteiger partial charge < -0.3 is 5.32 Å². The molecule has 0 bridgehead atoms. The molecule has 1 saturated heterocycles. The van der Waals surface area contributed by atoms with Gasteiger partial charge in [0.05, 0.1) is 22.2 Å². The lowest BCUT2D eigenvalue weighted by Crippen LogP contribution is -2.50. The van der Waals surface area contributed by atoms with Crippen molar-refractivity contribution in [1.82, 2.24) is 9.21 Å². The molecular formula is C18H19ClN4O5S. The number of nitrogens with one attached hydrogen (secondary N) is 1. The number of para-hydroxylation sites is 2. The highest BCUT2D eigenvalue weighted by Gasteiger charge is 2.33. The van der Waals surface area contributed by atoms with Gasteiger partial charge in [0.25, 0.3) is 5.69 Å². The van der Waals surface area contributed by atoms with Crippen molar-refractivity contribution < 1.29 is 18.1 Å². The number of nitro benzene ring substituents is 1. The molecule has 9 nitrogen and oxygen atoms in total. The number of rotatable bonds is 6. The van der Waals surface area contributed by atoms with Crippen LogP contribution in [0.4, 0.5) is 11.4 Å². The van der Waals surface area contributed by atoms with Crippen LogP contribution in [0.25, 0.3) is 0 Å². The zero-order valence-electron chi connectivity index (χ0n) is 15.3. The predicted octanol–water partition coefficient (Wildman–Crippen LogP) is 2.19. The number of anilines is 1. The van der Waals surface area contributed by atoms with Gasteiger partial charge in [0.2, 0.25) is 15.9 Å². The largest absolute Gasteiger partial charge is 0.324 e. The van der Waals surface area contributed by atoms with Crippen molar-refractivity contribution in [3.63, 3.8) is 0 Å². The van der Waals surface area contributed by atoms with Crippen molar-refractivity contribution in [2.45, 2.75) is 4.90 Å². The van der Waals surface area contributed by atoms with Gasteiger partial charge >= 0.3 is 0 Å². The standard InChI is InChI=1S/C18H19ClN4O5S/c19-14-5-1-2-6-15(14)20-18(24)13-21-9-11-22(12-10-21)29(27,28)17-8-4-3-7-16(17)23(25)26/h1-8H,9-13H2,(H,20,24). The summed E-state index contributed by atoms with van der Waals surface area (Å²) in [5, 5.41) is 14.3. The fraction of sp³-hybridized carbons (Fsp3) is 0.278. The summed E-state index contributed by atoms with van der Waals surface area (Å²) in [6, 6.07) is 12.2. The zero-order valence-corrected chi connectivity index (χ0v) is 16.9. The molecule has 0 atom stereocenters. The number of nitro groups is 1. The third-order valence-corrected chi connectivity index (χ3v) is 6.80. The minimum absolute atomic E-state index is 0.0879. The Kier molecular flexibility index (Phi) is 6.48. The molecule has 2 aromatic rings. The first kappa shape index (κ1) is 21.2. The van der Waals surface area contributed by atoms with Crippen LogP contribution in [0.5, 0.6) is 0 Å². The van der Waals surface area contributed by atoms with Gasteiger partial charge in [0.15, 0.2) is 4.90 Å². The van der Waals surface area contributed by atoms with Gasteiger partial charge in [-0.2, -0.15) is 4.31 Å². The van der Waals surface area contributed by atoms with E-state index >= 15 is 0 Å². The molecule has 0 aromatic heterocycles. The molecule has 0 unspecified atom stereocenters. The zero-order chi connectivity index (χ0) is 21.0.